The summed E-state index contributed by atoms with van der Waals surface area (Å²) in [5, 5.41) is 8.55. The van der Waals surface area contributed by atoms with Gasteiger partial charge in [0, 0.05) is 66.0 Å². The molecule has 354 valence electrons. The number of fused-ring (bicyclic) bond motifs is 13. The van der Waals surface area contributed by atoms with Gasteiger partial charge in [0.15, 0.2) is 0 Å². The predicted octanol–water partition coefficient (Wildman–Crippen LogP) is 17.6. The first-order chi connectivity index (χ1) is 37.6. The molecule has 0 radical (unpaired) electrons. The number of benzene rings is 10. The first kappa shape index (κ1) is 42.1. The maximum atomic E-state index is 6.74. The number of rotatable bonds is 7. The van der Waals surface area contributed by atoms with Crippen LogP contribution in [-0.2, 0) is 0 Å². The summed E-state index contributed by atoms with van der Waals surface area (Å²) in [5.74, 6) is 1.17. The van der Waals surface area contributed by atoms with Crippen molar-refractivity contribution < 1.29 is 8.83 Å². The van der Waals surface area contributed by atoms with Crippen LogP contribution in [0.25, 0.3) is 156 Å². The molecule has 6 heterocycles. The topological polar surface area (TPSA) is 87.7 Å². The number of para-hydroxylation sites is 3. The molecule has 0 unspecified atom stereocenters. The number of furan rings is 2. The maximum absolute atomic E-state index is 6.74. The van der Waals surface area contributed by atoms with Crippen LogP contribution in [0.3, 0.4) is 0 Å². The Bertz CT molecular complexity index is 4940. The summed E-state index contributed by atoms with van der Waals surface area (Å²) in [6, 6.07) is 84.2. The fourth-order valence-electron chi connectivity index (χ4n) is 11.4. The number of hydrogen-bond donors (Lipinski definition) is 0. The molecular weight excluding hydrogens is 933 g/mol. The molecule has 6 aromatic heterocycles. The third-order valence-corrected chi connectivity index (χ3v) is 15.0. The van der Waals surface area contributed by atoms with Gasteiger partial charge in [-0.25, -0.2) is 19.9 Å². The highest BCUT2D eigenvalue weighted by Gasteiger charge is 2.23. The van der Waals surface area contributed by atoms with Gasteiger partial charge in [-0.1, -0.05) is 170 Å². The van der Waals surface area contributed by atoms with E-state index in [1.807, 2.05) is 54.6 Å². The minimum atomic E-state index is 0.578. The highest BCUT2D eigenvalue weighted by atomic mass is 16.3. The molecule has 16 rings (SSSR count). The second-order valence-electron chi connectivity index (χ2n) is 19.4. The average molecular weight is 973 g/mol. The number of hydrogen-bond acceptors (Lipinski definition) is 6. The van der Waals surface area contributed by atoms with E-state index < -0.39 is 0 Å². The van der Waals surface area contributed by atoms with Gasteiger partial charge in [0.25, 0.3) is 0 Å². The van der Waals surface area contributed by atoms with Crippen LogP contribution in [0.4, 0.5) is 0 Å². The fraction of sp³-hybridized carbons (Fsp3) is 0. The first-order valence-corrected chi connectivity index (χ1v) is 25.4. The Morgan fingerprint density at radius 2 is 0.750 bits per heavy atom. The molecule has 0 aliphatic heterocycles. The van der Waals surface area contributed by atoms with Crippen LogP contribution >= 0.6 is 0 Å². The van der Waals surface area contributed by atoms with Gasteiger partial charge in [0.2, 0.25) is 11.9 Å². The Hall–Kier alpha value is -10.4. The molecule has 8 heteroatoms. The van der Waals surface area contributed by atoms with Crippen molar-refractivity contribution in [2.75, 3.05) is 0 Å². The first-order valence-electron chi connectivity index (χ1n) is 25.4. The Balaban J connectivity index is 0.839. The summed E-state index contributed by atoms with van der Waals surface area (Å²) < 4.78 is 17.7. The van der Waals surface area contributed by atoms with E-state index in [0.717, 1.165) is 144 Å². The van der Waals surface area contributed by atoms with Crippen molar-refractivity contribution in [3.8, 4) is 68.1 Å². The Kier molecular flexibility index (Phi) is 9.17. The van der Waals surface area contributed by atoms with Gasteiger partial charge in [-0.15, -0.1) is 0 Å². The van der Waals surface area contributed by atoms with Gasteiger partial charge in [-0.05, 0) is 77.9 Å². The van der Waals surface area contributed by atoms with E-state index in [9.17, 15) is 0 Å². The molecule has 0 aliphatic carbocycles. The van der Waals surface area contributed by atoms with E-state index in [2.05, 4.69) is 197 Å². The molecule has 0 fully saturated rings. The van der Waals surface area contributed by atoms with E-state index in [1.165, 1.54) is 0 Å². The van der Waals surface area contributed by atoms with E-state index >= 15 is 0 Å². The third-order valence-electron chi connectivity index (χ3n) is 15.0. The normalized spacial score (nSPS) is 11.9. The minimum Gasteiger partial charge on any atom is -0.456 e. The van der Waals surface area contributed by atoms with Gasteiger partial charge in [-0.3, -0.25) is 9.13 Å². The van der Waals surface area contributed by atoms with Gasteiger partial charge in [0.05, 0.1) is 50.2 Å². The molecule has 16 aromatic rings. The van der Waals surface area contributed by atoms with Crippen LogP contribution in [0.2, 0.25) is 0 Å². The van der Waals surface area contributed by atoms with Crippen LogP contribution < -0.4 is 0 Å². The molecule has 76 heavy (non-hydrogen) atoms. The lowest BCUT2D eigenvalue weighted by Gasteiger charge is -2.12. The van der Waals surface area contributed by atoms with Crippen LogP contribution in [0.1, 0.15) is 0 Å². The molecule has 8 nitrogen and oxygen atoms in total. The zero-order valence-corrected chi connectivity index (χ0v) is 40.6. The monoisotopic (exact) mass is 972 g/mol. The second kappa shape index (κ2) is 16.5. The Morgan fingerprint density at radius 1 is 0.250 bits per heavy atom. The van der Waals surface area contributed by atoms with E-state index in [4.69, 9.17) is 28.8 Å². The summed E-state index contributed by atoms with van der Waals surface area (Å²) in [6.45, 7) is 0. The summed E-state index contributed by atoms with van der Waals surface area (Å²) in [6.07, 6.45) is 0. The molecule has 0 spiro atoms. The van der Waals surface area contributed by atoms with Gasteiger partial charge in [0.1, 0.15) is 22.3 Å². The lowest BCUT2D eigenvalue weighted by molar-refractivity contribution is 0.669. The van der Waals surface area contributed by atoms with Crippen molar-refractivity contribution in [3.05, 3.63) is 243 Å². The number of nitrogens with zero attached hydrogens (tertiary/aromatic N) is 6. The standard InChI is InChI=1S/C68H40N6O2/c1-4-17-41(18-5-1)54-38-55(42-19-6-2-7-20-42)71-68(70-54)74-58-28-13-10-25-47(58)51-37-53-52-36-45(31-34-63(52)75-64(53)40-61(51)74)44-23-16-24-46(35-44)57-39-56(43-21-8-3-9-22-43)69-67(72-57)73-59-29-14-11-27-50(59)65-60(73)33-32-49-48-26-12-15-30-62(48)76-66(49)65/h1-40H. The van der Waals surface area contributed by atoms with Crippen molar-refractivity contribution in [2.24, 2.45) is 0 Å². The smallest absolute Gasteiger partial charge is 0.235 e. The van der Waals surface area contributed by atoms with Crippen LogP contribution in [0.5, 0.6) is 0 Å². The predicted molar refractivity (Wildman–Crippen MR) is 308 cm³/mol. The largest absolute Gasteiger partial charge is 0.456 e. The van der Waals surface area contributed by atoms with Crippen molar-refractivity contribution in [1.29, 1.82) is 0 Å². The Morgan fingerprint density at radius 3 is 1.42 bits per heavy atom. The molecule has 0 bridgehead atoms. The van der Waals surface area contributed by atoms with Crippen LogP contribution in [-0.4, -0.2) is 29.1 Å². The molecule has 10 aromatic carbocycles. The molecular formula is C68H40N6O2. The maximum Gasteiger partial charge on any atom is 0.235 e. The van der Waals surface area contributed by atoms with E-state index in [0.29, 0.717) is 11.9 Å². The molecule has 0 atom stereocenters. The molecule has 0 aliphatic rings. The zero-order valence-electron chi connectivity index (χ0n) is 40.6. The third kappa shape index (κ3) is 6.57. The SMILES string of the molecule is c1ccc(-c2cc(-c3ccccc3)nc(-n3c4ccccc4c4cc5c(cc43)oc3ccc(-c4cccc(-c6cc(-c7ccccc7)nc(-n7c8ccccc8c8c9oc%10ccccc%10c9ccc87)n6)c4)cc35)n2)cc1. The Labute approximate surface area is 434 Å². The quantitative estimate of drug-likeness (QED) is 0.158. The van der Waals surface area contributed by atoms with Crippen LogP contribution in [0, 0.1) is 0 Å². The highest BCUT2D eigenvalue weighted by molar-refractivity contribution is 6.24. The number of aromatic nitrogens is 6. The summed E-state index contributed by atoms with van der Waals surface area (Å²) in [5.41, 5.74) is 16.7. The minimum absolute atomic E-state index is 0.578. The second-order valence-corrected chi connectivity index (χ2v) is 19.4. The van der Waals surface area contributed by atoms with Crippen molar-refractivity contribution in [2.45, 2.75) is 0 Å². The summed E-state index contributed by atoms with van der Waals surface area (Å²) in [4.78, 5) is 21.3. The molecule has 0 N–H and O–H groups in total. The fourth-order valence-corrected chi connectivity index (χ4v) is 11.4. The highest BCUT2D eigenvalue weighted by Crippen LogP contribution is 2.43. The van der Waals surface area contributed by atoms with E-state index in [1.54, 1.807) is 0 Å². The van der Waals surface area contributed by atoms with Crippen molar-refractivity contribution >= 4 is 87.5 Å². The van der Waals surface area contributed by atoms with Crippen molar-refractivity contribution in [3.63, 3.8) is 0 Å². The molecule has 0 saturated heterocycles. The van der Waals surface area contributed by atoms with Crippen molar-refractivity contribution in [1.82, 2.24) is 29.1 Å². The van der Waals surface area contributed by atoms with Gasteiger partial charge >= 0.3 is 0 Å². The average Bonchev–Trinajstić information content (AvgIpc) is 4.25. The van der Waals surface area contributed by atoms with Gasteiger partial charge in [-0.2, -0.15) is 0 Å². The lowest BCUT2D eigenvalue weighted by atomic mass is 9.99. The van der Waals surface area contributed by atoms with Crippen LogP contribution in [0.15, 0.2) is 251 Å². The van der Waals surface area contributed by atoms with Gasteiger partial charge < -0.3 is 8.83 Å². The lowest BCUT2D eigenvalue weighted by Crippen LogP contribution is -2.04. The summed E-state index contributed by atoms with van der Waals surface area (Å²) in [7, 11) is 0. The summed E-state index contributed by atoms with van der Waals surface area (Å²) >= 11 is 0. The zero-order chi connectivity index (χ0) is 49.8. The molecule has 0 amide bonds. The van der Waals surface area contributed by atoms with E-state index in [-0.39, 0.29) is 0 Å². The molecule has 0 saturated carbocycles.